The minimum Gasteiger partial charge on any atom is -0.337 e. The highest BCUT2D eigenvalue weighted by atomic mass is 32.1. The number of nitrogens with zero attached hydrogens (tertiary/aromatic N) is 1. The van der Waals surface area contributed by atoms with E-state index in [9.17, 15) is 0 Å². The topological polar surface area (TPSA) is 46.7 Å². The summed E-state index contributed by atoms with van der Waals surface area (Å²) in [6, 6.07) is 0. The van der Waals surface area contributed by atoms with E-state index in [0.29, 0.717) is 6.54 Å². The molecule has 10 heavy (non-hydrogen) atoms. The number of rotatable bonds is 3. The third kappa shape index (κ3) is 1.68. The van der Waals surface area contributed by atoms with Gasteiger partial charge < -0.3 is 15.3 Å². The van der Waals surface area contributed by atoms with Gasteiger partial charge in [-0.25, -0.2) is 0 Å². The Labute approximate surface area is 64.9 Å². The van der Waals surface area contributed by atoms with E-state index in [1.807, 2.05) is 17.0 Å². The summed E-state index contributed by atoms with van der Waals surface area (Å²) < 4.78 is 2.75. The van der Waals surface area contributed by atoms with Crippen LogP contribution >= 0.6 is 12.2 Å². The molecular formula is C6H11N3S. The van der Waals surface area contributed by atoms with Crippen LogP contribution in [0.4, 0.5) is 0 Å². The van der Waals surface area contributed by atoms with Crippen molar-refractivity contribution in [2.24, 2.45) is 5.73 Å². The zero-order chi connectivity index (χ0) is 7.40. The summed E-state index contributed by atoms with van der Waals surface area (Å²) >= 11 is 4.97. The van der Waals surface area contributed by atoms with Gasteiger partial charge >= 0.3 is 0 Å². The van der Waals surface area contributed by atoms with Crippen molar-refractivity contribution in [3.8, 4) is 0 Å². The number of nitrogens with two attached hydrogens (primary N) is 1. The van der Waals surface area contributed by atoms with Crippen LogP contribution in [0.25, 0.3) is 0 Å². The summed E-state index contributed by atoms with van der Waals surface area (Å²) in [6.45, 7) is 1.63. The van der Waals surface area contributed by atoms with Crippen molar-refractivity contribution in [3.05, 3.63) is 17.2 Å². The van der Waals surface area contributed by atoms with Crippen molar-refractivity contribution in [1.29, 1.82) is 0 Å². The van der Waals surface area contributed by atoms with Gasteiger partial charge in [-0.2, -0.15) is 0 Å². The summed E-state index contributed by atoms with van der Waals surface area (Å²) in [7, 11) is 0. The molecule has 0 amide bonds. The van der Waals surface area contributed by atoms with Gasteiger partial charge in [0.15, 0.2) is 4.77 Å². The first-order valence-electron chi connectivity index (χ1n) is 3.28. The van der Waals surface area contributed by atoms with Crippen LogP contribution in [0.1, 0.15) is 6.42 Å². The Bertz CT molecular complexity index is 237. The summed E-state index contributed by atoms with van der Waals surface area (Å²) in [4.78, 5) is 2.91. The van der Waals surface area contributed by atoms with E-state index in [-0.39, 0.29) is 0 Å². The molecular weight excluding hydrogens is 146 g/mol. The molecule has 1 rings (SSSR count). The zero-order valence-electron chi connectivity index (χ0n) is 5.71. The average molecular weight is 157 g/mol. The fourth-order valence-corrected chi connectivity index (χ4v) is 1.01. The highest BCUT2D eigenvalue weighted by Gasteiger charge is 1.89. The van der Waals surface area contributed by atoms with E-state index < -0.39 is 0 Å². The maximum atomic E-state index is 5.34. The van der Waals surface area contributed by atoms with Gasteiger partial charge in [0.1, 0.15) is 0 Å². The average Bonchev–Trinajstić information content (AvgIpc) is 2.31. The second kappa shape index (κ2) is 3.53. The number of aryl methyl sites for hydroxylation is 1. The molecule has 0 unspecified atom stereocenters. The standard InChI is InChI=1S/C6H11N3S/c7-2-1-4-9-5-3-8-6(9)10/h3,5H,1-2,4,7H2,(H,8,10). The smallest absolute Gasteiger partial charge is 0.177 e. The maximum absolute atomic E-state index is 5.34. The Morgan fingerprint density at radius 3 is 3.00 bits per heavy atom. The van der Waals surface area contributed by atoms with Crippen molar-refractivity contribution in [2.45, 2.75) is 13.0 Å². The zero-order valence-corrected chi connectivity index (χ0v) is 6.53. The molecule has 3 nitrogen and oxygen atoms in total. The number of nitrogens with one attached hydrogen (secondary N) is 1. The Kier molecular flexibility index (Phi) is 2.65. The van der Waals surface area contributed by atoms with E-state index in [0.717, 1.165) is 17.7 Å². The maximum Gasteiger partial charge on any atom is 0.177 e. The van der Waals surface area contributed by atoms with Gasteiger partial charge in [-0.05, 0) is 25.2 Å². The minimum absolute atomic E-state index is 0.715. The first-order chi connectivity index (χ1) is 4.84. The molecule has 1 aromatic heterocycles. The molecule has 0 saturated heterocycles. The lowest BCUT2D eigenvalue weighted by Crippen LogP contribution is -2.04. The second-order valence-electron chi connectivity index (χ2n) is 2.10. The lowest BCUT2D eigenvalue weighted by molar-refractivity contribution is 0.643. The van der Waals surface area contributed by atoms with Gasteiger partial charge in [0.05, 0.1) is 0 Å². The van der Waals surface area contributed by atoms with Crippen molar-refractivity contribution in [1.82, 2.24) is 9.55 Å². The third-order valence-electron chi connectivity index (χ3n) is 1.33. The first kappa shape index (κ1) is 7.50. The molecule has 0 radical (unpaired) electrons. The number of hydrogen-bond donors (Lipinski definition) is 2. The molecule has 0 atom stereocenters. The van der Waals surface area contributed by atoms with Crippen LogP contribution in [0.15, 0.2) is 12.4 Å². The molecule has 3 N–H and O–H groups in total. The minimum atomic E-state index is 0.715. The predicted octanol–water partition coefficient (Wildman–Crippen LogP) is 0.894. The fourth-order valence-electron chi connectivity index (χ4n) is 0.787. The molecule has 0 fully saturated rings. The lowest BCUT2D eigenvalue weighted by Gasteiger charge is -1.97. The molecule has 1 heterocycles. The molecule has 1 aromatic rings. The molecule has 0 aliphatic carbocycles. The summed E-state index contributed by atoms with van der Waals surface area (Å²) in [5.41, 5.74) is 5.34. The van der Waals surface area contributed by atoms with E-state index in [1.54, 1.807) is 0 Å². The quantitative estimate of drug-likeness (QED) is 0.640. The van der Waals surface area contributed by atoms with Gasteiger partial charge in [0, 0.05) is 18.9 Å². The Balaban J connectivity index is 2.57. The van der Waals surface area contributed by atoms with Crippen LogP contribution in [-0.2, 0) is 6.54 Å². The largest absolute Gasteiger partial charge is 0.337 e. The second-order valence-corrected chi connectivity index (χ2v) is 2.49. The number of aromatic amines is 1. The van der Waals surface area contributed by atoms with Crippen LogP contribution in [0.3, 0.4) is 0 Å². The number of aromatic nitrogens is 2. The van der Waals surface area contributed by atoms with Crippen molar-refractivity contribution >= 4 is 12.2 Å². The highest BCUT2D eigenvalue weighted by Crippen LogP contribution is 1.91. The van der Waals surface area contributed by atoms with Crippen LogP contribution in [0, 0.1) is 4.77 Å². The SMILES string of the molecule is NCCCn1cc[nH]c1=S. The van der Waals surface area contributed by atoms with Gasteiger partial charge in [-0.3, -0.25) is 0 Å². The third-order valence-corrected chi connectivity index (χ3v) is 1.68. The van der Waals surface area contributed by atoms with Crippen LogP contribution in [0.5, 0.6) is 0 Å². The molecule has 0 bridgehead atoms. The van der Waals surface area contributed by atoms with Crippen LogP contribution < -0.4 is 5.73 Å². The Hall–Kier alpha value is -0.610. The monoisotopic (exact) mass is 157 g/mol. The summed E-state index contributed by atoms with van der Waals surface area (Å²) in [5.74, 6) is 0. The molecule has 0 spiro atoms. The molecule has 0 aromatic carbocycles. The van der Waals surface area contributed by atoms with Crippen molar-refractivity contribution in [3.63, 3.8) is 0 Å². The number of imidazole rings is 1. The molecule has 0 saturated carbocycles. The molecule has 4 heteroatoms. The Morgan fingerprint density at radius 1 is 1.70 bits per heavy atom. The van der Waals surface area contributed by atoms with Gasteiger partial charge in [0.2, 0.25) is 0 Å². The van der Waals surface area contributed by atoms with Gasteiger partial charge in [0.25, 0.3) is 0 Å². The normalized spacial score (nSPS) is 10.1. The van der Waals surface area contributed by atoms with E-state index in [2.05, 4.69) is 4.98 Å². The van der Waals surface area contributed by atoms with Crippen LogP contribution in [-0.4, -0.2) is 16.1 Å². The highest BCUT2D eigenvalue weighted by molar-refractivity contribution is 7.71. The van der Waals surface area contributed by atoms with Crippen molar-refractivity contribution in [2.75, 3.05) is 6.54 Å². The molecule has 56 valence electrons. The molecule has 0 aliphatic rings. The predicted molar refractivity (Wildman–Crippen MR) is 43.3 cm³/mol. The van der Waals surface area contributed by atoms with Gasteiger partial charge in [-0.15, -0.1) is 0 Å². The number of H-pyrrole nitrogens is 1. The Morgan fingerprint density at radius 2 is 2.50 bits per heavy atom. The summed E-state index contributed by atoms with van der Waals surface area (Å²) in [6.07, 6.45) is 4.74. The first-order valence-corrected chi connectivity index (χ1v) is 3.69. The van der Waals surface area contributed by atoms with E-state index in [4.69, 9.17) is 18.0 Å². The molecule has 0 aliphatic heterocycles. The summed E-state index contributed by atoms with van der Waals surface area (Å²) in [5, 5.41) is 0. The number of hydrogen-bond acceptors (Lipinski definition) is 2. The van der Waals surface area contributed by atoms with Crippen molar-refractivity contribution < 1.29 is 0 Å². The fraction of sp³-hybridized carbons (Fsp3) is 0.500. The van der Waals surface area contributed by atoms with Gasteiger partial charge in [-0.1, -0.05) is 0 Å². The van der Waals surface area contributed by atoms with Crippen LogP contribution in [0.2, 0.25) is 0 Å². The lowest BCUT2D eigenvalue weighted by atomic mass is 10.4. The van der Waals surface area contributed by atoms with E-state index in [1.165, 1.54) is 0 Å². The van der Waals surface area contributed by atoms with E-state index >= 15 is 0 Å².